The molecule has 34 heavy (non-hydrogen) atoms. The Labute approximate surface area is 197 Å². The number of hydrogen-bond donors (Lipinski definition) is 2. The molecule has 178 valence electrons. The zero-order chi connectivity index (χ0) is 24.1. The summed E-state index contributed by atoms with van der Waals surface area (Å²) < 4.78 is 29.7. The number of hydrogen-bond acceptors (Lipinski definition) is 6. The fraction of sp³-hybridized carbons (Fsp3) is 0.348. The van der Waals surface area contributed by atoms with Gasteiger partial charge in [-0.15, -0.1) is 4.36 Å². The van der Waals surface area contributed by atoms with Gasteiger partial charge in [-0.25, -0.2) is 23.8 Å². The number of fused-ring (bicyclic) bond motifs is 2. The number of nitrogens with zero attached hydrogens (tertiary/aromatic N) is 4. The first-order valence-corrected chi connectivity index (χ1v) is 12.4. The molecule has 1 aliphatic carbocycles. The zero-order valence-electron chi connectivity index (χ0n) is 19.2. The Balaban J connectivity index is 1.48. The molecule has 2 aromatic heterocycles. The van der Waals surface area contributed by atoms with Gasteiger partial charge in [-0.3, -0.25) is 0 Å². The van der Waals surface area contributed by atoms with E-state index < -0.39 is 15.9 Å². The lowest BCUT2D eigenvalue weighted by atomic mass is 9.84. The Morgan fingerprint density at radius 3 is 2.88 bits per heavy atom. The lowest BCUT2D eigenvalue weighted by molar-refractivity contribution is 0.0972. The minimum absolute atomic E-state index is 0.110. The monoisotopic (exact) mass is 482 g/mol. The summed E-state index contributed by atoms with van der Waals surface area (Å²) in [6, 6.07) is 6.80. The summed E-state index contributed by atoms with van der Waals surface area (Å²) in [5.41, 5.74) is 4.29. The number of nitrogens with one attached hydrogen (secondary N) is 1. The van der Waals surface area contributed by atoms with Crippen LogP contribution in [-0.4, -0.2) is 38.7 Å². The van der Waals surface area contributed by atoms with Crippen LogP contribution < -0.4 is 19.9 Å². The van der Waals surface area contributed by atoms with Gasteiger partial charge >= 0.3 is 6.03 Å². The predicted octanol–water partition coefficient (Wildman–Crippen LogP) is 3.40. The van der Waals surface area contributed by atoms with Gasteiger partial charge in [0.1, 0.15) is 4.90 Å². The van der Waals surface area contributed by atoms with Crippen LogP contribution in [0.25, 0.3) is 11.1 Å². The standard InChI is InChI=1S/C23H26N6O4S/c1-23(2)12-29-21(33-13-23)18(11-26-29)34(24,31)28-22(30)27-20-16-6-4-14(16)5-7-17(20)15-8-9-25-19(10-15)32-3/h5,7-11H,4,6,12-13H2,1-3H3,(H3,24,27,28,30,31). The fourth-order valence-electron chi connectivity index (χ4n) is 4.20. The van der Waals surface area contributed by atoms with Crippen molar-refractivity contribution < 1.29 is 18.5 Å². The molecule has 11 heteroatoms. The van der Waals surface area contributed by atoms with Gasteiger partial charge < -0.3 is 14.8 Å². The molecule has 2 amide bonds. The number of aromatic nitrogens is 3. The van der Waals surface area contributed by atoms with Crippen LogP contribution in [0.4, 0.5) is 10.5 Å². The number of pyridine rings is 1. The van der Waals surface area contributed by atoms with Gasteiger partial charge in [0.15, 0.2) is 9.92 Å². The number of urea groups is 1. The number of rotatable bonds is 4. The maximum absolute atomic E-state index is 13.3. The first kappa shape index (κ1) is 22.4. The second kappa shape index (κ2) is 8.10. The summed E-state index contributed by atoms with van der Waals surface area (Å²) >= 11 is 0. The van der Waals surface area contributed by atoms with Gasteiger partial charge in [-0.1, -0.05) is 26.0 Å². The highest BCUT2D eigenvalue weighted by Gasteiger charge is 2.32. The number of methoxy groups -OCH3 is 1. The van der Waals surface area contributed by atoms with E-state index in [-0.39, 0.29) is 16.2 Å². The highest BCUT2D eigenvalue weighted by atomic mass is 32.2. The van der Waals surface area contributed by atoms with Crippen molar-refractivity contribution in [3.8, 4) is 22.9 Å². The van der Waals surface area contributed by atoms with Gasteiger partial charge in [0.05, 0.1) is 32.1 Å². The van der Waals surface area contributed by atoms with E-state index in [9.17, 15) is 9.00 Å². The van der Waals surface area contributed by atoms with Crippen molar-refractivity contribution in [3.05, 3.63) is 47.8 Å². The van der Waals surface area contributed by atoms with E-state index in [0.717, 1.165) is 35.1 Å². The van der Waals surface area contributed by atoms with Crippen molar-refractivity contribution in [1.29, 1.82) is 0 Å². The first-order chi connectivity index (χ1) is 16.2. The smallest absolute Gasteiger partial charge is 0.354 e. The maximum atomic E-state index is 13.3. The van der Waals surface area contributed by atoms with Crippen LogP contribution in [0, 0.1) is 5.41 Å². The topological polar surface area (TPSA) is 134 Å². The Hall–Kier alpha value is -3.44. The molecule has 2 aliphatic rings. The molecule has 1 unspecified atom stereocenters. The molecule has 0 bridgehead atoms. The average Bonchev–Trinajstić information content (AvgIpc) is 3.17. The van der Waals surface area contributed by atoms with Crippen molar-refractivity contribution >= 4 is 21.6 Å². The van der Waals surface area contributed by atoms with Crippen molar-refractivity contribution in [2.24, 2.45) is 14.9 Å². The second-order valence-corrected chi connectivity index (χ2v) is 11.0. The highest BCUT2D eigenvalue weighted by molar-refractivity contribution is 7.91. The number of amides is 2. The molecular weight excluding hydrogens is 456 g/mol. The Bertz CT molecular complexity index is 1420. The molecule has 1 atom stereocenters. The van der Waals surface area contributed by atoms with Crippen molar-refractivity contribution in [2.45, 2.75) is 38.1 Å². The molecule has 10 nitrogen and oxygen atoms in total. The Morgan fingerprint density at radius 2 is 2.15 bits per heavy atom. The SMILES string of the molecule is COc1cc(-c2ccc3c(c2NC(=O)N=S(N)(=O)c2cnn4c2OCC(C)(C)C4)CC3)ccn1. The molecule has 3 aromatic rings. The quantitative estimate of drug-likeness (QED) is 0.585. The predicted molar refractivity (Wildman–Crippen MR) is 127 cm³/mol. The number of carbonyl (C=O) groups is 1. The number of aryl methyl sites for hydroxylation is 1. The van der Waals surface area contributed by atoms with Crippen LogP contribution in [0.1, 0.15) is 25.0 Å². The Morgan fingerprint density at radius 1 is 1.32 bits per heavy atom. The molecule has 3 heterocycles. The van der Waals surface area contributed by atoms with Crippen LogP contribution in [0.5, 0.6) is 11.8 Å². The zero-order valence-corrected chi connectivity index (χ0v) is 20.0. The molecule has 5 rings (SSSR count). The van der Waals surface area contributed by atoms with E-state index in [0.29, 0.717) is 24.7 Å². The van der Waals surface area contributed by atoms with Crippen LogP contribution in [0.3, 0.4) is 0 Å². The average molecular weight is 483 g/mol. The number of benzene rings is 1. The first-order valence-electron chi connectivity index (χ1n) is 10.9. The van der Waals surface area contributed by atoms with E-state index in [1.807, 2.05) is 32.0 Å². The molecule has 0 spiro atoms. The molecule has 1 aliphatic heterocycles. The van der Waals surface area contributed by atoms with Gasteiger partial charge in [0.25, 0.3) is 0 Å². The Kier molecular flexibility index (Phi) is 5.33. The molecule has 0 saturated carbocycles. The third-order valence-corrected chi connectivity index (χ3v) is 7.36. The maximum Gasteiger partial charge on any atom is 0.354 e. The van der Waals surface area contributed by atoms with Crippen LogP contribution in [0.2, 0.25) is 0 Å². The second-order valence-electron chi connectivity index (χ2n) is 9.23. The molecule has 0 fully saturated rings. The minimum atomic E-state index is -3.58. The third kappa shape index (κ3) is 4.01. The molecule has 0 radical (unpaired) electrons. The summed E-state index contributed by atoms with van der Waals surface area (Å²) in [5.74, 6) is 0.748. The van der Waals surface area contributed by atoms with Crippen LogP contribution in [-0.2, 0) is 29.3 Å². The lowest BCUT2D eigenvalue weighted by Gasteiger charge is -2.30. The fourth-order valence-corrected chi connectivity index (χ4v) is 5.20. The van der Waals surface area contributed by atoms with Gasteiger partial charge in [-0.2, -0.15) is 5.10 Å². The summed E-state index contributed by atoms with van der Waals surface area (Å²) in [6.45, 7) is 5.09. The van der Waals surface area contributed by atoms with Crippen LogP contribution >= 0.6 is 0 Å². The van der Waals surface area contributed by atoms with Crippen molar-refractivity contribution in [3.63, 3.8) is 0 Å². The van der Waals surface area contributed by atoms with E-state index >= 15 is 0 Å². The van der Waals surface area contributed by atoms with Crippen molar-refractivity contribution in [2.75, 3.05) is 19.0 Å². The normalized spacial score (nSPS) is 17.3. The third-order valence-electron chi connectivity index (χ3n) is 6.01. The van der Waals surface area contributed by atoms with Crippen LogP contribution in [0.15, 0.2) is 45.9 Å². The summed E-state index contributed by atoms with van der Waals surface area (Å²) in [7, 11) is -2.04. The van der Waals surface area contributed by atoms with Gasteiger partial charge in [-0.05, 0) is 35.6 Å². The number of anilines is 1. The highest BCUT2D eigenvalue weighted by Crippen LogP contribution is 2.39. The van der Waals surface area contributed by atoms with Gasteiger partial charge in [0.2, 0.25) is 11.8 Å². The largest absolute Gasteiger partial charge is 0.481 e. The number of carbonyl (C=O) groups excluding carboxylic acids is 1. The molecule has 0 saturated heterocycles. The minimum Gasteiger partial charge on any atom is -0.481 e. The van der Waals surface area contributed by atoms with E-state index in [1.165, 1.54) is 6.20 Å². The molecule has 3 N–H and O–H groups in total. The van der Waals surface area contributed by atoms with Crippen molar-refractivity contribution in [1.82, 2.24) is 14.8 Å². The summed E-state index contributed by atoms with van der Waals surface area (Å²) in [5, 5.41) is 13.1. The van der Waals surface area contributed by atoms with E-state index in [1.54, 1.807) is 24.1 Å². The number of ether oxygens (including phenoxy) is 2. The van der Waals surface area contributed by atoms with Gasteiger partial charge in [0, 0.05) is 23.2 Å². The van der Waals surface area contributed by atoms with E-state index in [4.69, 9.17) is 14.6 Å². The number of nitrogens with two attached hydrogens (primary N) is 1. The lowest BCUT2D eigenvalue weighted by Crippen LogP contribution is -2.33. The summed E-state index contributed by atoms with van der Waals surface area (Å²) in [4.78, 5) is 17.2. The molecular formula is C23H26N6O4S. The summed E-state index contributed by atoms with van der Waals surface area (Å²) in [6.07, 6.45) is 4.75. The molecule has 1 aromatic carbocycles. The van der Waals surface area contributed by atoms with E-state index in [2.05, 4.69) is 19.8 Å².